The molecule has 162 valence electrons. The van der Waals surface area contributed by atoms with Crippen molar-refractivity contribution < 1.29 is 13.2 Å². The van der Waals surface area contributed by atoms with Crippen molar-refractivity contribution in [1.82, 2.24) is 9.62 Å². The highest BCUT2D eigenvalue weighted by molar-refractivity contribution is 7.89. The monoisotopic (exact) mass is 448 g/mol. The number of hydrogen-bond acceptors (Lipinski definition) is 3. The van der Waals surface area contributed by atoms with E-state index in [4.69, 9.17) is 11.6 Å². The van der Waals surface area contributed by atoms with Crippen LogP contribution in [0.4, 0.5) is 0 Å². The molecule has 0 spiro atoms. The van der Waals surface area contributed by atoms with Gasteiger partial charge in [-0.05, 0) is 60.6 Å². The summed E-state index contributed by atoms with van der Waals surface area (Å²) in [6, 6.07) is 10.7. The van der Waals surface area contributed by atoms with Crippen LogP contribution in [0, 0.1) is 0 Å². The molecule has 2 aromatic rings. The summed E-state index contributed by atoms with van der Waals surface area (Å²) in [5.41, 5.74) is 3.64. The van der Waals surface area contributed by atoms with Crippen LogP contribution in [-0.2, 0) is 29.4 Å². The first-order valence-corrected chi connectivity index (χ1v) is 12.4. The van der Waals surface area contributed by atoms with Gasteiger partial charge in [0.2, 0.25) is 10.0 Å². The van der Waals surface area contributed by atoms with E-state index in [0.717, 1.165) is 37.7 Å². The van der Waals surface area contributed by atoms with Crippen LogP contribution < -0.4 is 5.32 Å². The first-order chi connectivity index (χ1) is 14.4. The Kier molecular flexibility index (Phi) is 7.55. The van der Waals surface area contributed by atoms with Crippen molar-refractivity contribution in [3.63, 3.8) is 0 Å². The van der Waals surface area contributed by atoms with Gasteiger partial charge in [-0.3, -0.25) is 4.79 Å². The zero-order valence-corrected chi connectivity index (χ0v) is 19.2. The van der Waals surface area contributed by atoms with Gasteiger partial charge in [0.15, 0.2) is 0 Å². The SMILES string of the molecule is CCc1ccc(CC)c(CNC(=O)c2cc(S(=O)(=O)N3CCCCC3)ccc2Cl)c1. The fourth-order valence-corrected chi connectivity index (χ4v) is 5.52. The molecule has 0 aliphatic carbocycles. The second-order valence-electron chi connectivity index (χ2n) is 7.60. The number of carbonyl (C=O) groups is 1. The lowest BCUT2D eigenvalue weighted by atomic mass is 10.0. The Morgan fingerprint density at radius 2 is 1.73 bits per heavy atom. The third kappa shape index (κ3) is 5.05. The van der Waals surface area contributed by atoms with E-state index in [1.54, 1.807) is 0 Å². The lowest BCUT2D eigenvalue weighted by molar-refractivity contribution is 0.0950. The maximum atomic E-state index is 13.0. The molecular weight excluding hydrogens is 420 g/mol. The van der Waals surface area contributed by atoms with Crippen molar-refractivity contribution in [2.45, 2.75) is 57.4 Å². The van der Waals surface area contributed by atoms with E-state index >= 15 is 0 Å². The fraction of sp³-hybridized carbons (Fsp3) is 0.435. The maximum absolute atomic E-state index is 13.0. The summed E-state index contributed by atoms with van der Waals surface area (Å²) >= 11 is 6.25. The van der Waals surface area contributed by atoms with Crippen molar-refractivity contribution in [3.05, 3.63) is 63.7 Å². The van der Waals surface area contributed by atoms with E-state index in [9.17, 15) is 13.2 Å². The summed E-state index contributed by atoms with van der Waals surface area (Å²) < 4.78 is 27.4. The molecule has 0 aromatic heterocycles. The number of nitrogens with zero attached hydrogens (tertiary/aromatic N) is 1. The second-order valence-corrected chi connectivity index (χ2v) is 9.94. The van der Waals surface area contributed by atoms with E-state index < -0.39 is 10.0 Å². The standard InChI is InChI=1S/C23H29ClN2O3S/c1-3-17-8-9-18(4-2)19(14-17)16-25-23(27)21-15-20(10-11-22(21)24)30(28,29)26-12-6-5-7-13-26/h8-11,14-15H,3-7,12-13,16H2,1-2H3,(H,25,27). The number of sulfonamides is 1. The summed E-state index contributed by atoms with van der Waals surface area (Å²) in [6.45, 7) is 5.57. The number of rotatable bonds is 7. The lowest BCUT2D eigenvalue weighted by Crippen LogP contribution is -2.35. The van der Waals surface area contributed by atoms with Crippen LogP contribution >= 0.6 is 11.6 Å². The Morgan fingerprint density at radius 3 is 2.40 bits per heavy atom. The summed E-state index contributed by atoms with van der Waals surface area (Å²) in [5.74, 6) is -0.375. The van der Waals surface area contributed by atoms with Gasteiger partial charge in [0.1, 0.15) is 0 Å². The molecule has 1 saturated heterocycles. The van der Waals surface area contributed by atoms with Crippen molar-refractivity contribution >= 4 is 27.5 Å². The predicted octanol–water partition coefficient (Wildman–Crippen LogP) is 4.57. The minimum Gasteiger partial charge on any atom is -0.348 e. The van der Waals surface area contributed by atoms with Crippen LogP contribution in [0.25, 0.3) is 0 Å². The van der Waals surface area contributed by atoms with Gasteiger partial charge in [-0.25, -0.2) is 8.42 Å². The van der Waals surface area contributed by atoms with Crippen LogP contribution in [0.5, 0.6) is 0 Å². The summed E-state index contributed by atoms with van der Waals surface area (Å²) in [6.07, 6.45) is 4.56. The quantitative estimate of drug-likeness (QED) is 0.674. The first-order valence-electron chi connectivity index (χ1n) is 10.6. The van der Waals surface area contributed by atoms with Gasteiger partial charge in [0.05, 0.1) is 15.5 Å². The Hall–Kier alpha value is -1.89. The van der Waals surface area contributed by atoms with Crippen LogP contribution in [0.2, 0.25) is 5.02 Å². The molecule has 1 aliphatic heterocycles. The van der Waals surface area contributed by atoms with Gasteiger partial charge in [-0.15, -0.1) is 0 Å². The van der Waals surface area contributed by atoms with Crippen LogP contribution in [0.15, 0.2) is 41.3 Å². The molecule has 1 fully saturated rings. The van der Waals surface area contributed by atoms with Crippen molar-refractivity contribution in [2.24, 2.45) is 0 Å². The number of amides is 1. The number of nitrogens with one attached hydrogen (secondary N) is 1. The Labute approximate surface area is 184 Å². The molecule has 1 amide bonds. The van der Waals surface area contributed by atoms with Crippen molar-refractivity contribution in [2.75, 3.05) is 13.1 Å². The molecule has 5 nitrogen and oxygen atoms in total. The van der Waals surface area contributed by atoms with Gasteiger partial charge in [0, 0.05) is 19.6 Å². The first kappa shape index (κ1) is 22.8. The average molecular weight is 449 g/mol. The van der Waals surface area contributed by atoms with E-state index in [1.165, 1.54) is 33.6 Å². The lowest BCUT2D eigenvalue weighted by Gasteiger charge is -2.26. The number of piperidine rings is 1. The molecule has 1 aliphatic rings. The molecule has 2 aromatic carbocycles. The molecular formula is C23H29ClN2O3S. The number of hydrogen-bond donors (Lipinski definition) is 1. The molecule has 0 radical (unpaired) electrons. The predicted molar refractivity (Wildman–Crippen MR) is 120 cm³/mol. The van der Waals surface area contributed by atoms with Crippen LogP contribution in [-0.4, -0.2) is 31.7 Å². The van der Waals surface area contributed by atoms with E-state index in [0.29, 0.717) is 19.6 Å². The highest BCUT2D eigenvalue weighted by Crippen LogP contribution is 2.25. The maximum Gasteiger partial charge on any atom is 0.253 e. The zero-order valence-electron chi connectivity index (χ0n) is 17.6. The second kappa shape index (κ2) is 9.94. The highest BCUT2D eigenvalue weighted by atomic mass is 35.5. The van der Waals surface area contributed by atoms with Crippen LogP contribution in [0.3, 0.4) is 0 Å². The summed E-state index contributed by atoms with van der Waals surface area (Å²) in [5, 5.41) is 3.15. The molecule has 0 atom stereocenters. The third-order valence-electron chi connectivity index (χ3n) is 5.63. The fourth-order valence-electron chi connectivity index (χ4n) is 3.77. The number of carbonyl (C=O) groups excluding carboxylic acids is 1. The van der Waals surface area contributed by atoms with Gasteiger partial charge < -0.3 is 5.32 Å². The smallest absolute Gasteiger partial charge is 0.253 e. The van der Waals surface area contributed by atoms with Crippen molar-refractivity contribution in [3.8, 4) is 0 Å². The van der Waals surface area contributed by atoms with Gasteiger partial charge >= 0.3 is 0 Å². The van der Waals surface area contributed by atoms with E-state index in [1.807, 2.05) is 0 Å². The molecule has 0 unspecified atom stereocenters. The molecule has 1 heterocycles. The number of benzene rings is 2. The van der Waals surface area contributed by atoms with Gasteiger partial charge in [-0.2, -0.15) is 4.31 Å². The zero-order chi connectivity index (χ0) is 21.7. The van der Waals surface area contributed by atoms with E-state index in [2.05, 4.69) is 37.4 Å². The largest absolute Gasteiger partial charge is 0.348 e. The van der Waals surface area contributed by atoms with Crippen LogP contribution in [0.1, 0.15) is 60.2 Å². The molecule has 7 heteroatoms. The highest BCUT2D eigenvalue weighted by Gasteiger charge is 2.27. The normalized spacial score (nSPS) is 15.2. The van der Waals surface area contributed by atoms with E-state index in [-0.39, 0.29) is 21.4 Å². The van der Waals surface area contributed by atoms with Crippen molar-refractivity contribution in [1.29, 1.82) is 0 Å². The Balaban J connectivity index is 1.80. The minimum absolute atomic E-state index is 0.112. The minimum atomic E-state index is -3.63. The Bertz CT molecular complexity index is 1020. The molecule has 0 saturated carbocycles. The number of halogens is 1. The average Bonchev–Trinajstić information content (AvgIpc) is 2.77. The van der Waals surface area contributed by atoms with Gasteiger partial charge in [-0.1, -0.05) is 50.1 Å². The topological polar surface area (TPSA) is 66.5 Å². The summed E-state index contributed by atoms with van der Waals surface area (Å²) in [4.78, 5) is 13.0. The Morgan fingerprint density at radius 1 is 1.00 bits per heavy atom. The molecule has 1 N–H and O–H groups in total. The third-order valence-corrected chi connectivity index (χ3v) is 7.86. The molecule has 3 rings (SSSR count). The summed E-state index contributed by atoms with van der Waals surface area (Å²) in [7, 11) is -3.63. The molecule has 30 heavy (non-hydrogen) atoms. The number of aryl methyl sites for hydroxylation is 2. The van der Waals surface area contributed by atoms with Gasteiger partial charge in [0.25, 0.3) is 5.91 Å². The molecule has 0 bridgehead atoms.